The standard InChI is InChI=1S/C21H24F2N4O6S/c1-32-20(30)16-17(33-11-13-9-12(19(28)29)3-4-15(13)23)26-34-18(16)25-21(31)24-6-2-7-27-8-5-14(22)10-27/h3-4,9,14H,2,5-8,10-11H2,1H3,(H,28,29)(H2,24,25,31)/t14-/m0/s1. The lowest BCUT2D eigenvalue weighted by molar-refractivity contribution is 0.0596. The summed E-state index contributed by atoms with van der Waals surface area (Å²) in [6.45, 7) is 1.70. The van der Waals surface area contributed by atoms with E-state index in [0.29, 0.717) is 39.0 Å². The molecule has 184 valence electrons. The Morgan fingerprint density at radius 3 is 2.82 bits per heavy atom. The molecule has 1 aliphatic heterocycles. The summed E-state index contributed by atoms with van der Waals surface area (Å²) in [7, 11) is 1.14. The summed E-state index contributed by atoms with van der Waals surface area (Å²) in [5.41, 5.74) is -0.323. The van der Waals surface area contributed by atoms with Crippen LogP contribution >= 0.6 is 11.5 Å². The second-order valence-electron chi connectivity index (χ2n) is 7.50. The van der Waals surface area contributed by atoms with Crippen LogP contribution in [-0.4, -0.2) is 71.8 Å². The number of hydrogen-bond acceptors (Lipinski definition) is 8. The number of aromatic carboxylic acids is 1. The number of ether oxygens (including phenoxy) is 2. The van der Waals surface area contributed by atoms with Gasteiger partial charge in [0.05, 0.1) is 12.7 Å². The van der Waals surface area contributed by atoms with Crippen LogP contribution in [0.25, 0.3) is 0 Å². The van der Waals surface area contributed by atoms with Crippen molar-refractivity contribution >= 4 is 34.5 Å². The fourth-order valence-electron chi connectivity index (χ4n) is 3.35. The van der Waals surface area contributed by atoms with Crippen molar-refractivity contribution in [3.05, 3.63) is 40.7 Å². The van der Waals surface area contributed by atoms with E-state index < -0.39 is 36.6 Å². The summed E-state index contributed by atoms with van der Waals surface area (Å²) in [6, 6.07) is 2.66. The number of alkyl halides is 1. The van der Waals surface area contributed by atoms with E-state index in [1.165, 1.54) is 0 Å². The third-order valence-corrected chi connectivity index (χ3v) is 5.83. The van der Waals surface area contributed by atoms with E-state index in [9.17, 15) is 23.2 Å². The zero-order valence-electron chi connectivity index (χ0n) is 18.3. The minimum atomic E-state index is -1.23. The molecule has 0 bridgehead atoms. The summed E-state index contributed by atoms with van der Waals surface area (Å²) in [5.74, 6) is -2.93. The summed E-state index contributed by atoms with van der Waals surface area (Å²) >= 11 is 0.770. The lowest BCUT2D eigenvalue weighted by Crippen LogP contribution is -2.32. The number of anilines is 1. The van der Waals surface area contributed by atoms with Crippen molar-refractivity contribution in [3.63, 3.8) is 0 Å². The first-order valence-electron chi connectivity index (χ1n) is 10.4. The molecule has 3 N–H and O–H groups in total. The number of carboxylic acid groups (broad SMARTS) is 1. The molecule has 0 spiro atoms. The van der Waals surface area contributed by atoms with Gasteiger partial charge in [0.25, 0.3) is 0 Å². The van der Waals surface area contributed by atoms with Crippen LogP contribution in [0, 0.1) is 5.82 Å². The van der Waals surface area contributed by atoms with E-state index in [2.05, 4.69) is 15.0 Å². The van der Waals surface area contributed by atoms with E-state index in [1.54, 1.807) is 0 Å². The van der Waals surface area contributed by atoms with Gasteiger partial charge in [0.15, 0.2) is 5.56 Å². The molecule has 2 amide bonds. The Bertz CT molecular complexity index is 1050. The minimum Gasteiger partial charge on any atom is -0.478 e. The Hall–Kier alpha value is -3.32. The van der Waals surface area contributed by atoms with Crippen LogP contribution in [0.2, 0.25) is 0 Å². The van der Waals surface area contributed by atoms with Gasteiger partial charge < -0.3 is 24.8 Å². The molecule has 1 aromatic heterocycles. The van der Waals surface area contributed by atoms with Gasteiger partial charge in [-0.2, -0.15) is 4.37 Å². The largest absolute Gasteiger partial charge is 0.478 e. The van der Waals surface area contributed by atoms with Gasteiger partial charge >= 0.3 is 18.0 Å². The van der Waals surface area contributed by atoms with E-state index in [-0.39, 0.29) is 27.6 Å². The maximum Gasteiger partial charge on any atom is 0.346 e. The van der Waals surface area contributed by atoms with Gasteiger partial charge in [-0.25, -0.2) is 23.2 Å². The average Bonchev–Trinajstić information content (AvgIpc) is 3.41. The molecule has 1 fully saturated rings. The van der Waals surface area contributed by atoms with Crippen molar-refractivity contribution in [2.75, 3.05) is 38.6 Å². The molecule has 10 nitrogen and oxygen atoms in total. The number of esters is 1. The zero-order valence-corrected chi connectivity index (χ0v) is 19.1. The van der Waals surface area contributed by atoms with Crippen molar-refractivity contribution in [1.29, 1.82) is 0 Å². The Balaban J connectivity index is 1.59. The number of rotatable bonds is 10. The number of likely N-dealkylation sites (tertiary alicyclic amines) is 1. The molecule has 2 aromatic rings. The molecule has 2 heterocycles. The third-order valence-electron chi connectivity index (χ3n) is 5.09. The quantitative estimate of drug-likeness (QED) is 0.337. The monoisotopic (exact) mass is 498 g/mol. The Morgan fingerprint density at radius 1 is 1.35 bits per heavy atom. The highest BCUT2D eigenvalue weighted by molar-refractivity contribution is 7.11. The van der Waals surface area contributed by atoms with Crippen LogP contribution in [0.3, 0.4) is 0 Å². The number of aromatic nitrogens is 1. The molecular formula is C21H24F2N4O6S. The highest BCUT2D eigenvalue weighted by Gasteiger charge is 2.25. The Labute approximate surface area is 198 Å². The first-order valence-corrected chi connectivity index (χ1v) is 11.2. The molecule has 0 unspecified atom stereocenters. The fraction of sp³-hybridized carbons (Fsp3) is 0.429. The van der Waals surface area contributed by atoms with Gasteiger partial charge in [-0.3, -0.25) is 5.32 Å². The highest BCUT2D eigenvalue weighted by Crippen LogP contribution is 2.32. The second kappa shape index (κ2) is 11.7. The number of methoxy groups -OCH3 is 1. The molecule has 0 saturated carbocycles. The molecule has 1 saturated heterocycles. The number of halogens is 2. The van der Waals surface area contributed by atoms with Crippen LogP contribution in [0.15, 0.2) is 18.2 Å². The summed E-state index contributed by atoms with van der Waals surface area (Å²) in [6.07, 6.45) is 0.355. The number of benzene rings is 1. The highest BCUT2D eigenvalue weighted by atomic mass is 32.1. The van der Waals surface area contributed by atoms with Gasteiger partial charge in [-0.1, -0.05) is 0 Å². The number of urea groups is 1. The van der Waals surface area contributed by atoms with Crippen LogP contribution < -0.4 is 15.4 Å². The van der Waals surface area contributed by atoms with Gasteiger partial charge in [0, 0.05) is 25.2 Å². The number of nitrogens with zero attached hydrogens (tertiary/aromatic N) is 2. The van der Waals surface area contributed by atoms with E-state index >= 15 is 0 Å². The van der Waals surface area contributed by atoms with E-state index in [1.807, 2.05) is 4.90 Å². The lowest BCUT2D eigenvalue weighted by atomic mass is 10.1. The maximum atomic E-state index is 14.0. The van der Waals surface area contributed by atoms with Crippen molar-refractivity contribution in [1.82, 2.24) is 14.6 Å². The van der Waals surface area contributed by atoms with Crippen molar-refractivity contribution in [3.8, 4) is 5.88 Å². The maximum absolute atomic E-state index is 14.0. The van der Waals surface area contributed by atoms with Gasteiger partial charge in [-0.05, 0) is 49.1 Å². The topological polar surface area (TPSA) is 130 Å². The summed E-state index contributed by atoms with van der Waals surface area (Å²) in [5, 5.41) is 14.3. The third kappa shape index (κ3) is 6.60. The SMILES string of the molecule is COC(=O)c1c(OCc2cc(C(=O)O)ccc2F)nsc1NC(=O)NCCCN1CC[C@H](F)C1. The van der Waals surface area contributed by atoms with Crippen molar-refractivity contribution < 1.29 is 37.7 Å². The zero-order chi connectivity index (χ0) is 24.7. The molecule has 0 radical (unpaired) electrons. The second-order valence-corrected chi connectivity index (χ2v) is 8.28. The van der Waals surface area contributed by atoms with Gasteiger partial charge in [-0.15, -0.1) is 0 Å². The minimum absolute atomic E-state index is 0.0481. The lowest BCUT2D eigenvalue weighted by Gasteiger charge is -2.14. The molecule has 0 aliphatic carbocycles. The predicted octanol–water partition coefficient (Wildman–Crippen LogP) is 2.90. The van der Waals surface area contributed by atoms with E-state index in [4.69, 9.17) is 14.6 Å². The van der Waals surface area contributed by atoms with Crippen LogP contribution in [0.1, 0.15) is 39.1 Å². The Morgan fingerprint density at radius 2 is 2.15 bits per heavy atom. The molecule has 34 heavy (non-hydrogen) atoms. The molecule has 1 aliphatic rings. The number of nitrogens with one attached hydrogen (secondary N) is 2. The van der Waals surface area contributed by atoms with Crippen LogP contribution in [0.4, 0.5) is 18.6 Å². The first-order chi connectivity index (χ1) is 16.3. The smallest absolute Gasteiger partial charge is 0.346 e. The van der Waals surface area contributed by atoms with Crippen molar-refractivity contribution in [2.45, 2.75) is 25.6 Å². The fourth-order valence-corrected chi connectivity index (χ4v) is 4.06. The number of carboxylic acids is 1. The Kier molecular flexibility index (Phi) is 8.71. The molecule has 3 rings (SSSR count). The number of carbonyl (C=O) groups excluding carboxylic acids is 2. The molecule has 13 heteroatoms. The van der Waals surface area contributed by atoms with Gasteiger partial charge in [0.2, 0.25) is 5.88 Å². The number of amides is 2. The first kappa shape index (κ1) is 25.3. The van der Waals surface area contributed by atoms with Crippen LogP contribution in [-0.2, 0) is 11.3 Å². The average molecular weight is 499 g/mol. The molecular weight excluding hydrogens is 474 g/mol. The van der Waals surface area contributed by atoms with Crippen molar-refractivity contribution in [2.24, 2.45) is 0 Å². The van der Waals surface area contributed by atoms with E-state index in [0.717, 1.165) is 36.8 Å². The predicted molar refractivity (Wildman–Crippen MR) is 119 cm³/mol. The summed E-state index contributed by atoms with van der Waals surface area (Å²) in [4.78, 5) is 37.6. The number of hydrogen-bond donors (Lipinski definition) is 3. The number of carbonyl (C=O) groups is 3. The van der Waals surface area contributed by atoms with Gasteiger partial charge in [0.1, 0.15) is 23.6 Å². The van der Waals surface area contributed by atoms with Crippen LogP contribution in [0.5, 0.6) is 5.88 Å². The molecule has 1 atom stereocenters. The normalized spacial score (nSPS) is 15.7. The summed E-state index contributed by atoms with van der Waals surface area (Å²) < 4.78 is 41.4. The molecule has 1 aromatic carbocycles.